The van der Waals surface area contributed by atoms with Crippen molar-refractivity contribution in [2.45, 2.75) is 12.8 Å². The summed E-state index contributed by atoms with van der Waals surface area (Å²) in [5, 5.41) is 11.4. The lowest BCUT2D eigenvalue weighted by molar-refractivity contribution is -0.140. The highest BCUT2D eigenvalue weighted by Gasteiger charge is 2.01. The van der Waals surface area contributed by atoms with Crippen LogP contribution in [-0.2, 0) is 9.53 Å². The number of rotatable bonds is 5. The first-order valence-electron chi connectivity index (χ1n) is 6.11. The molecule has 2 aromatic carbocycles. The molecule has 0 bridgehead atoms. The summed E-state index contributed by atoms with van der Waals surface area (Å²) in [6.07, 6.45) is 0.968. The summed E-state index contributed by atoms with van der Waals surface area (Å²) < 4.78 is 10.1. The maximum absolute atomic E-state index is 10.9. The van der Waals surface area contributed by atoms with Gasteiger partial charge in [-0.1, -0.05) is 12.1 Å². The third-order valence-electron chi connectivity index (χ3n) is 2.82. The van der Waals surface area contributed by atoms with Crippen LogP contribution in [0.15, 0.2) is 36.4 Å². The minimum atomic E-state index is -0.230. The van der Waals surface area contributed by atoms with Crippen LogP contribution in [0.2, 0.25) is 0 Å². The van der Waals surface area contributed by atoms with Gasteiger partial charge in [0, 0.05) is 6.42 Å². The van der Waals surface area contributed by atoms with Gasteiger partial charge in [0.05, 0.1) is 13.7 Å². The zero-order chi connectivity index (χ0) is 13.7. The first kappa shape index (κ1) is 13.2. The molecule has 0 spiro atoms. The average molecular weight is 260 g/mol. The molecule has 0 amide bonds. The van der Waals surface area contributed by atoms with Crippen LogP contribution < -0.4 is 4.74 Å². The number of benzene rings is 2. The second-order valence-corrected chi connectivity index (χ2v) is 4.22. The number of hydrogen-bond donors (Lipinski definition) is 1. The van der Waals surface area contributed by atoms with Gasteiger partial charge >= 0.3 is 5.97 Å². The summed E-state index contributed by atoms with van der Waals surface area (Å²) in [4.78, 5) is 10.9. The highest BCUT2D eigenvalue weighted by Crippen LogP contribution is 2.24. The van der Waals surface area contributed by atoms with Crippen molar-refractivity contribution >= 4 is 16.7 Å². The van der Waals surface area contributed by atoms with Crippen LogP contribution in [0.25, 0.3) is 10.8 Å². The highest BCUT2D eigenvalue weighted by atomic mass is 16.5. The first-order chi connectivity index (χ1) is 9.19. The van der Waals surface area contributed by atoms with Crippen molar-refractivity contribution in [3.05, 3.63) is 36.4 Å². The number of carbonyl (C=O) groups excluding carboxylic acids is 1. The summed E-state index contributed by atoms with van der Waals surface area (Å²) in [5.41, 5.74) is 0. The molecule has 4 nitrogen and oxygen atoms in total. The molecular weight excluding hydrogens is 244 g/mol. The number of ether oxygens (including phenoxy) is 2. The molecule has 4 heteroatoms. The Morgan fingerprint density at radius 2 is 1.95 bits per heavy atom. The summed E-state index contributed by atoms with van der Waals surface area (Å²) in [6, 6.07) is 10.9. The third-order valence-corrected chi connectivity index (χ3v) is 2.82. The van der Waals surface area contributed by atoms with Crippen LogP contribution in [0.1, 0.15) is 12.8 Å². The predicted octanol–water partition coefficient (Wildman–Crippen LogP) is 2.88. The molecule has 0 radical (unpaired) electrons. The van der Waals surface area contributed by atoms with E-state index in [1.807, 2.05) is 24.3 Å². The monoisotopic (exact) mass is 260 g/mol. The summed E-state index contributed by atoms with van der Waals surface area (Å²) >= 11 is 0. The first-order valence-corrected chi connectivity index (χ1v) is 6.11. The van der Waals surface area contributed by atoms with E-state index >= 15 is 0 Å². The molecule has 0 aliphatic heterocycles. The topological polar surface area (TPSA) is 55.8 Å². The van der Waals surface area contributed by atoms with Gasteiger partial charge in [-0.3, -0.25) is 4.79 Å². The SMILES string of the molecule is COC(=O)CCCOc1ccc2ccc(O)cc2c1. The number of esters is 1. The van der Waals surface area contributed by atoms with Crippen LogP contribution in [0.3, 0.4) is 0 Å². The fourth-order valence-corrected chi connectivity index (χ4v) is 1.81. The minimum Gasteiger partial charge on any atom is -0.508 e. The standard InChI is InChI=1S/C15H16O4/c1-18-15(17)3-2-8-19-14-7-5-11-4-6-13(16)9-12(11)10-14/h4-7,9-10,16H,2-3,8H2,1H3. The van der Waals surface area contributed by atoms with Gasteiger partial charge in [0.1, 0.15) is 11.5 Å². The zero-order valence-corrected chi connectivity index (χ0v) is 10.8. The molecule has 100 valence electrons. The van der Waals surface area contributed by atoms with E-state index in [-0.39, 0.29) is 11.7 Å². The molecule has 0 aromatic heterocycles. The van der Waals surface area contributed by atoms with Gasteiger partial charge in [-0.15, -0.1) is 0 Å². The Bertz CT molecular complexity index is 577. The molecule has 2 aromatic rings. The van der Waals surface area contributed by atoms with Gasteiger partial charge in [-0.05, 0) is 41.5 Å². The number of methoxy groups -OCH3 is 1. The van der Waals surface area contributed by atoms with Crippen LogP contribution in [0, 0.1) is 0 Å². The zero-order valence-electron chi connectivity index (χ0n) is 10.8. The Balaban J connectivity index is 1.95. The van der Waals surface area contributed by atoms with Crippen molar-refractivity contribution in [2.24, 2.45) is 0 Å². The van der Waals surface area contributed by atoms with Crippen molar-refractivity contribution in [1.82, 2.24) is 0 Å². The Morgan fingerprint density at radius 1 is 1.16 bits per heavy atom. The largest absolute Gasteiger partial charge is 0.508 e. The molecule has 0 heterocycles. The van der Waals surface area contributed by atoms with E-state index in [0.29, 0.717) is 19.4 Å². The van der Waals surface area contributed by atoms with Crippen molar-refractivity contribution in [1.29, 1.82) is 0 Å². The fraction of sp³-hybridized carbons (Fsp3) is 0.267. The van der Waals surface area contributed by atoms with Crippen LogP contribution in [-0.4, -0.2) is 24.8 Å². The summed E-state index contributed by atoms with van der Waals surface area (Å²) in [7, 11) is 1.37. The van der Waals surface area contributed by atoms with Gasteiger partial charge in [-0.2, -0.15) is 0 Å². The maximum atomic E-state index is 10.9. The van der Waals surface area contributed by atoms with E-state index in [4.69, 9.17) is 4.74 Å². The Kier molecular flexibility index (Phi) is 4.23. The maximum Gasteiger partial charge on any atom is 0.305 e. The normalized spacial score (nSPS) is 10.4. The quantitative estimate of drug-likeness (QED) is 0.663. The molecule has 0 fully saturated rings. The molecule has 2 rings (SSSR count). The lowest BCUT2D eigenvalue weighted by atomic mass is 10.1. The molecule has 0 aliphatic rings. The Morgan fingerprint density at radius 3 is 2.74 bits per heavy atom. The molecule has 0 saturated heterocycles. The third kappa shape index (κ3) is 3.61. The number of aromatic hydroxyl groups is 1. The minimum absolute atomic E-state index is 0.230. The van der Waals surface area contributed by atoms with E-state index in [9.17, 15) is 9.90 Å². The van der Waals surface area contributed by atoms with Crippen LogP contribution in [0.5, 0.6) is 11.5 Å². The number of phenols is 1. The number of carbonyl (C=O) groups is 1. The molecular formula is C15H16O4. The van der Waals surface area contributed by atoms with E-state index in [1.165, 1.54) is 7.11 Å². The van der Waals surface area contributed by atoms with Gasteiger partial charge in [0.25, 0.3) is 0 Å². The van der Waals surface area contributed by atoms with Gasteiger partial charge in [-0.25, -0.2) is 0 Å². The Hall–Kier alpha value is -2.23. The van der Waals surface area contributed by atoms with E-state index in [0.717, 1.165) is 16.5 Å². The summed E-state index contributed by atoms with van der Waals surface area (Å²) in [6.45, 7) is 0.458. The molecule has 0 atom stereocenters. The van der Waals surface area contributed by atoms with Crippen molar-refractivity contribution in [3.63, 3.8) is 0 Å². The lowest BCUT2D eigenvalue weighted by Crippen LogP contribution is -2.04. The number of hydrogen-bond acceptors (Lipinski definition) is 4. The summed E-state index contributed by atoms with van der Waals surface area (Å²) in [5.74, 6) is 0.727. The van der Waals surface area contributed by atoms with Crippen LogP contribution >= 0.6 is 0 Å². The number of phenolic OH excluding ortho intramolecular Hbond substituents is 1. The molecule has 0 aliphatic carbocycles. The highest BCUT2D eigenvalue weighted by molar-refractivity contribution is 5.85. The second kappa shape index (κ2) is 6.09. The van der Waals surface area contributed by atoms with Crippen molar-refractivity contribution in [3.8, 4) is 11.5 Å². The Labute approximate surface area is 111 Å². The van der Waals surface area contributed by atoms with E-state index in [1.54, 1.807) is 12.1 Å². The van der Waals surface area contributed by atoms with Crippen LogP contribution in [0.4, 0.5) is 0 Å². The van der Waals surface area contributed by atoms with Crippen molar-refractivity contribution < 1.29 is 19.4 Å². The molecule has 0 unspecified atom stereocenters. The lowest BCUT2D eigenvalue weighted by Gasteiger charge is -2.07. The van der Waals surface area contributed by atoms with Gasteiger partial charge in [0.2, 0.25) is 0 Å². The predicted molar refractivity (Wildman–Crippen MR) is 72.4 cm³/mol. The van der Waals surface area contributed by atoms with Gasteiger partial charge < -0.3 is 14.6 Å². The molecule has 19 heavy (non-hydrogen) atoms. The molecule has 1 N–H and O–H groups in total. The van der Waals surface area contributed by atoms with E-state index < -0.39 is 0 Å². The van der Waals surface area contributed by atoms with Gasteiger partial charge in [0.15, 0.2) is 0 Å². The second-order valence-electron chi connectivity index (χ2n) is 4.22. The van der Waals surface area contributed by atoms with Crippen molar-refractivity contribution in [2.75, 3.05) is 13.7 Å². The fourth-order valence-electron chi connectivity index (χ4n) is 1.81. The molecule has 0 saturated carbocycles. The smallest absolute Gasteiger partial charge is 0.305 e. The van der Waals surface area contributed by atoms with E-state index in [2.05, 4.69) is 4.74 Å². The average Bonchev–Trinajstić information content (AvgIpc) is 2.42. The number of fused-ring (bicyclic) bond motifs is 1.